The Morgan fingerprint density at radius 1 is 1.26 bits per heavy atom. The Morgan fingerprint density at radius 2 is 1.84 bits per heavy atom. The molecular formula is C14H19BrO4. The van der Waals surface area contributed by atoms with Crippen LogP contribution in [0.1, 0.15) is 37.0 Å². The van der Waals surface area contributed by atoms with Gasteiger partial charge in [-0.1, -0.05) is 13.8 Å². The molecule has 5 heteroatoms. The second kappa shape index (κ2) is 6.39. The number of carbonyl (C=O) groups is 1. The van der Waals surface area contributed by atoms with Gasteiger partial charge >= 0.3 is 0 Å². The van der Waals surface area contributed by atoms with Crippen LogP contribution in [0.3, 0.4) is 0 Å². The van der Waals surface area contributed by atoms with E-state index in [9.17, 15) is 9.90 Å². The Balaban J connectivity index is 3.36. The van der Waals surface area contributed by atoms with E-state index in [2.05, 4.69) is 15.9 Å². The quantitative estimate of drug-likeness (QED) is 0.814. The monoisotopic (exact) mass is 330 g/mol. The minimum atomic E-state index is -1.36. The van der Waals surface area contributed by atoms with Gasteiger partial charge in [-0.15, -0.1) is 0 Å². The number of benzene rings is 1. The van der Waals surface area contributed by atoms with E-state index in [0.717, 1.165) is 0 Å². The van der Waals surface area contributed by atoms with Gasteiger partial charge in [-0.25, -0.2) is 0 Å². The molecule has 0 amide bonds. The molecule has 0 atom stereocenters. The number of carbonyl (C=O) groups excluding carboxylic acids is 1. The van der Waals surface area contributed by atoms with E-state index in [1.807, 2.05) is 0 Å². The van der Waals surface area contributed by atoms with Crippen molar-refractivity contribution >= 4 is 21.7 Å². The van der Waals surface area contributed by atoms with Crippen LogP contribution in [0.4, 0.5) is 0 Å². The van der Waals surface area contributed by atoms with Crippen molar-refractivity contribution in [3.63, 3.8) is 0 Å². The molecule has 0 aliphatic heterocycles. The van der Waals surface area contributed by atoms with Gasteiger partial charge in [0.15, 0.2) is 5.78 Å². The predicted molar refractivity (Wildman–Crippen MR) is 77.1 cm³/mol. The Hall–Kier alpha value is -1.07. The maximum atomic E-state index is 12.5. The number of hydrogen-bond donors (Lipinski definition) is 1. The minimum absolute atomic E-state index is 0.335. The highest BCUT2D eigenvalue weighted by molar-refractivity contribution is 9.10. The Bertz CT molecular complexity index is 467. The molecule has 0 radical (unpaired) electrons. The summed E-state index contributed by atoms with van der Waals surface area (Å²) >= 11 is 3.35. The van der Waals surface area contributed by atoms with E-state index in [-0.39, 0.29) is 5.78 Å². The van der Waals surface area contributed by atoms with Gasteiger partial charge in [0.1, 0.15) is 21.6 Å². The number of halogens is 1. The van der Waals surface area contributed by atoms with Crippen molar-refractivity contribution < 1.29 is 19.4 Å². The zero-order valence-electron chi connectivity index (χ0n) is 11.6. The van der Waals surface area contributed by atoms with Crippen molar-refractivity contribution in [1.82, 2.24) is 0 Å². The number of hydrogen-bond acceptors (Lipinski definition) is 4. The molecule has 0 fully saturated rings. The maximum Gasteiger partial charge on any atom is 0.198 e. The molecule has 0 aliphatic carbocycles. The molecule has 0 bridgehead atoms. The van der Waals surface area contributed by atoms with Gasteiger partial charge in [0.05, 0.1) is 19.8 Å². The van der Waals surface area contributed by atoms with Crippen molar-refractivity contribution in [3.05, 3.63) is 22.2 Å². The molecule has 106 valence electrons. The topological polar surface area (TPSA) is 55.8 Å². The van der Waals surface area contributed by atoms with Crippen molar-refractivity contribution in [2.24, 2.45) is 0 Å². The first-order valence-corrected chi connectivity index (χ1v) is 6.92. The third kappa shape index (κ3) is 2.92. The van der Waals surface area contributed by atoms with Gasteiger partial charge in [-0.05, 0) is 40.9 Å². The molecule has 0 aliphatic rings. The van der Waals surface area contributed by atoms with Crippen LogP contribution in [0.2, 0.25) is 0 Å². The fourth-order valence-electron chi connectivity index (χ4n) is 1.90. The molecule has 0 saturated heterocycles. The number of ether oxygens (including phenoxy) is 2. The fourth-order valence-corrected chi connectivity index (χ4v) is 2.57. The highest BCUT2D eigenvalue weighted by Gasteiger charge is 2.35. The van der Waals surface area contributed by atoms with Gasteiger partial charge in [-0.3, -0.25) is 4.79 Å². The van der Waals surface area contributed by atoms with E-state index in [1.165, 1.54) is 14.2 Å². The van der Waals surface area contributed by atoms with Gasteiger partial charge in [-0.2, -0.15) is 0 Å². The van der Waals surface area contributed by atoms with Gasteiger partial charge in [0, 0.05) is 0 Å². The first-order valence-electron chi connectivity index (χ1n) is 6.12. The molecule has 0 unspecified atom stereocenters. The van der Waals surface area contributed by atoms with Gasteiger partial charge < -0.3 is 14.6 Å². The summed E-state index contributed by atoms with van der Waals surface area (Å²) in [4.78, 5) is 12.5. The Morgan fingerprint density at radius 3 is 2.26 bits per heavy atom. The second-order valence-corrected chi connectivity index (χ2v) is 5.02. The number of rotatable bonds is 6. The van der Waals surface area contributed by atoms with Crippen LogP contribution >= 0.6 is 15.9 Å². The maximum absolute atomic E-state index is 12.5. The summed E-state index contributed by atoms with van der Waals surface area (Å²) in [5.41, 5.74) is -1.01. The van der Waals surface area contributed by atoms with Crippen LogP contribution < -0.4 is 9.47 Å². The Labute approximate surface area is 121 Å². The van der Waals surface area contributed by atoms with Crippen LogP contribution in [0, 0.1) is 0 Å². The average Bonchev–Trinajstić information content (AvgIpc) is 2.45. The standard InChI is InChI=1S/C14H19BrO4/c1-5-14(17,6-2)13(16)9-7-8-10(18-3)11(15)12(9)19-4/h7-8,17H,5-6H2,1-4H3. The highest BCUT2D eigenvalue weighted by atomic mass is 79.9. The first kappa shape index (κ1) is 16.0. The van der Waals surface area contributed by atoms with E-state index < -0.39 is 5.60 Å². The van der Waals surface area contributed by atoms with Crippen molar-refractivity contribution in [1.29, 1.82) is 0 Å². The summed E-state index contributed by atoms with van der Waals surface area (Å²) in [5, 5.41) is 10.3. The molecule has 1 aromatic rings. The lowest BCUT2D eigenvalue weighted by molar-refractivity contribution is 0.0275. The first-order chi connectivity index (χ1) is 8.95. The van der Waals surface area contributed by atoms with E-state index in [4.69, 9.17) is 9.47 Å². The molecule has 1 aromatic carbocycles. The summed E-state index contributed by atoms with van der Waals surface area (Å²) in [5.74, 6) is 0.618. The SMILES string of the molecule is CCC(O)(CC)C(=O)c1ccc(OC)c(Br)c1OC. The van der Waals surface area contributed by atoms with Gasteiger partial charge in [0.25, 0.3) is 0 Å². The number of Topliss-reactive ketones (excluding diaryl/α,β-unsaturated/α-hetero) is 1. The number of aliphatic hydroxyl groups is 1. The average molecular weight is 331 g/mol. The molecule has 0 aromatic heterocycles. The van der Waals surface area contributed by atoms with Crippen LogP contribution in [0.5, 0.6) is 11.5 Å². The third-order valence-corrected chi connectivity index (χ3v) is 4.07. The molecule has 1 N–H and O–H groups in total. The van der Waals surface area contributed by atoms with Crippen LogP contribution in [-0.2, 0) is 0 Å². The van der Waals surface area contributed by atoms with Crippen molar-refractivity contribution in [2.45, 2.75) is 32.3 Å². The fraction of sp³-hybridized carbons (Fsp3) is 0.500. The third-order valence-electron chi connectivity index (χ3n) is 3.32. The predicted octanol–water partition coefficient (Wildman–Crippen LogP) is 3.20. The minimum Gasteiger partial charge on any atom is -0.495 e. The molecule has 0 heterocycles. The summed E-state index contributed by atoms with van der Waals surface area (Å²) in [6.45, 7) is 3.57. The van der Waals surface area contributed by atoms with E-state index in [0.29, 0.717) is 34.4 Å². The lowest BCUT2D eigenvalue weighted by Crippen LogP contribution is -2.37. The highest BCUT2D eigenvalue weighted by Crippen LogP contribution is 2.39. The number of ketones is 1. The zero-order chi connectivity index (χ0) is 14.6. The molecule has 1 rings (SSSR count). The van der Waals surface area contributed by atoms with Crippen molar-refractivity contribution in [2.75, 3.05) is 14.2 Å². The van der Waals surface area contributed by atoms with E-state index in [1.54, 1.807) is 26.0 Å². The van der Waals surface area contributed by atoms with Gasteiger partial charge in [0.2, 0.25) is 0 Å². The molecule has 19 heavy (non-hydrogen) atoms. The van der Waals surface area contributed by atoms with Crippen LogP contribution in [0.15, 0.2) is 16.6 Å². The Kier molecular flexibility index (Phi) is 5.38. The summed E-state index contributed by atoms with van der Waals surface area (Å²) < 4.78 is 11.0. The largest absolute Gasteiger partial charge is 0.495 e. The number of methoxy groups -OCH3 is 2. The van der Waals surface area contributed by atoms with Crippen LogP contribution in [0.25, 0.3) is 0 Å². The summed E-state index contributed by atoms with van der Waals surface area (Å²) in [6, 6.07) is 3.28. The molecule has 0 spiro atoms. The summed E-state index contributed by atoms with van der Waals surface area (Å²) in [6.07, 6.45) is 0.713. The van der Waals surface area contributed by atoms with E-state index >= 15 is 0 Å². The molecule has 0 saturated carbocycles. The molecular weight excluding hydrogens is 312 g/mol. The summed E-state index contributed by atoms with van der Waals surface area (Å²) in [7, 11) is 3.02. The zero-order valence-corrected chi connectivity index (χ0v) is 13.2. The van der Waals surface area contributed by atoms with Crippen molar-refractivity contribution in [3.8, 4) is 11.5 Å². The normalized spacial score (nSPS) is 11.3. The second-order valence-electron chi connectivity index (χ2n) is 4.23. The lowest BCUT2D eigenvalue weighted by atomic mass is 9.87. The molecule has 4 nitrogen and oxygen atoms in total. The lowest BCUT2D eigenvalue weighted by Gasteiger charge is -2.25. The van der Waals surface area contributed by atoms with Crippen LogP contribution in [-0.4, -0.2) is 30.7 Å². The smallest absolute Gasteiger partial charge is 0.198 e.